The third-order valence-electron chi connectivity index (χ3n) is 3.87. The van der Waals surface area contributed by atoms with Crippen molar-refractivity contribution in [3.05, 3.63) is 58.5 Å². The molecule has 3 rings (SSSR count). The van der Waals surface area contributed by atoms with Crippen molar-refractivity contribution in [1.82, 2.24) is 4.90 Å². The van der Waals surface area contributed by atoms with Crippen LogP contribution in [-0.2, 0) is 13.2 Å². The molecule has 106 valence electrons. The summed E-state index contributed by atoms with van der Waals surface area (Å²) in [6, 6.07) is 11.9. The molecule has 3 nitrogen and oxygen atoms in total. The molecule has 0 unspecified atom stereocenters. The summed E-state index contributed by atoms with van der Waals surface area (Å²) in [7, 11) is 0. The summed E-state index contributed by atoms with van der Waals surface area (Å²) >= 11 is 6.27. The zero-order chi connectivity index (χ0) is 13.9. The van der Waals surface area contributed by atoms with Crippen LogP contribution in [0.1, 0.15) is 29.4 Å². The van der Waals surface area contributed by atoms with Crippen LogP contribution in [0.15, 0.2) is 40.8 Å². The maximum absolute atomic E-state index is 9.01. The van der Waals surface area contributed by atoms with Crippen molar-refractivity contribution in [3.8, 4) is 0 Å². The highest BCUT2D eigenvalue weighted by Crippen LogP contribution is 2.32. The van der Waals surface area contributed by atoms with E-state index in [0.29, 0.717) is 11.7 Å². The molecule has 1 N–H and O–H groups in total. The Morgan fingerprint density at radius 1 is 1.20 bits per heavy atom. The minimum Gasteiger partial charge on any atom is -0.462 e. The third-order valence-corrected chi connectivity index (χ3v) is 4.21. The lowest BCUT2D eigenvalue weighted by Gasteiger charge is -2.15. The van der Waals surface area contributed by atoms with Crippen LogP contribution in [-0.4, -0.2) is 23.1 Å². The lowest BCUT2D eigenvalue weighted by molar-refractivity contribution is 0.232. The van der Waals surface area contributed by atoms with E-state index < -0.39 is 0 Å². The van der Waals surface area contributed by atoms with E-state index >= 15 is 0 Å². The monoisotopic (exact) mass is 291 g/mol. The minimum atomic E-state index is -0.0394. The van der Waals surface area contributed by atoms with E-state index in [1.807, 2.05) is 30.3 Å². The molecular weight excluding hydrogens is 274 g/mol. The number of benzene rings is 1. The van der Waals surface area contributed by atoms with Gasteiger partial charge in [0.25, 0.3) is 0 Å². The average molecular weight is 292 g/mol. The smallest absolute Gasteiger partial charge is 0.129 e. The molecule has 1 atom stereocenters. The van der Waals surface area contributed by atoms with Crippen LogP contribution >= 0.6 is 11.6 Å². The van der Waals surface area contributed by atoms with Gasteiger partial charge in [0.1, 0.15) is 18.1 Å². The maximum Gasteiger partial charge on any atom is 0.129 e. The first-order chi connectivity index (χ1) is 9.76. The molecule has 1 saturated heterocycles. The van der Waals surface area contributed by atoms with Crippen molar-refractivity contribution in [2.75, 3.05) is 13.1 Å². The van der Waals surface area contributed by atoms with Gasteiger partial charge in [-0.25, -0.2) is 0 Å². The third kappa shape index (κ3) is 2.90. The molecule has 1 aliphatic heterocycles. The summed E-state index contributed by atoms with van der Waals surface area (Å²) in [5.74, 6) is 2.03. The van der Waals surface area contributed by atoms with Crippen LogP contribution in [0.4, 0.5) is 0 Å². The van der Waals surface area contributed by atoms with E-state index in [2.05, 4.69) is 11.0 Å². The molecule has 0 spiro atoms. The zero-order valence-electron chi connectivity index (χ0n) is 11.3. The van der Waals surface area contributed by atoms with Crippen LogP contribution in [0.25, 0.3) is 0 Å². The predicted molar refractivity (Wildman–Crippen MR) is 78.7 cm³/mol. The van der Waals surface area contributed by atoms with Gasteiger partial charge in [-0.3, -0.25) is 4.90 Å². The lowest BCUT2D eigenvalue weighted by atomic mass is 9.98. The summed E-state index contributed by atoms with van der Waals surface area (Å²) in [5, 5.41) is 9.87. The molecule has 2 aromatic rings. The Morgan fingerprint density at radius 3 is 2.75 bits per heavy atom. The second-order valence-electron chi connectivity index (χ2n) is 5.27. The molecule has 2 heterocycles. The van der Waals surface area contributed by atoms with E-state index in [-0.39, 0.29) is 6.61 Å². The van der Waals surface area contributed by atoms with Gasteiger partial charge in [-0.1, -0.05) is 29.8 Å². The van der Waals surface area contributed by atoms with E-state index in [0.717, 1.165) is 36.8 Å². The number of aliphatic hydroxyl groups excluding tert-OH is 1. The molecule has 1 aliphatic rings. The molecule has 20 heavy (non-hydrogen) atoms. The van der Waals surface area contributed by atoms with Crippen molar-refractivity contribution in [3.63, 3.8) is 0 Å². The van der Waals surface area contributed by atoms with Crippen LogP contribution in [0, 0.1) is 0 Å². The highest BCUT2D eigenvalue weighted by atomic mass is 35.5. The zero-order valence-corrected chi connectivity index (χ0v) is 12.0. The molecule has 0 aliphatic carbocycles. The number of aliphatic hydroxyl groups is 1. The second-order valence-corrected chi connectivity index (χ2v) is 5.68. The van der Waals surface area contributed by atoms with Crippen molar-refractivity contribution in [2.24, 2.45) is 0 Å². The largest absolute Gasteiger partial charge is 0.462 e. The van der Waals surface area contributed by atoms with Crippen LogP contribution in [0.2, 0.25) is 5.02 Å². The quantitative estimate of drug-likeness (QED) is 0.938. The van der Waals surface area contributed by atoms with Gasteiger partial charge >= 0.3 is 0 Å². The number of hydrogen-bond acceptors (Lipinski definition) is 3. The fourth-order valence-corrected chi connectivity index (χ4v) is 3.14. The van der Waals surface area contributed by atoms with Gasteiger partial charge in [0.15, 0.2) is 0 Å². The van der Waals surface area contributed by atoms with Gasteiger partial charge in [-0.2, -0.15) is 0 Å². The van der Waals surface area contributed by atoms with Crippen LogP contribution in [0.3, 0.4) is 0 Å². The summed E-state index contributed by atoms with van der Waals surface area (Å²) in [4.78, 5) is 2.37. The van der Waals surface area contributed by atoms with E-state index in [1.54, 1.807) is 0 Å². The Bertz CT molecular complexity index is 581. The van der Waals surface area contributed by atoms with Gasteiger partial charge in [0.2, 0.25) is 0 Å². The summed E-state index contributed by atoms with van der Waals surface area (Å²) in [5.41, 5.74) is 1.24. The van der Waals surface area contributed by atoms with Crippen LogP contribution < -0.4 is 0 Å². The second kappa shape index (κ2) is 6.00. The minimum absolute atomic E-state index is 0.0394. The molecule has 1 aromatic carbocycles. The molecule has 4 heteroatoms. The fraction of sp³-hybridized carbons (Fsp3) is 0.375. The number of nitrogens with zero attached hydrogens (tertiary/aromatic N) is 1. The molecule has 0 amide bonds. The number of furan rings is 1. The highest BCUT2D eigenvalue weighted by molar-refractivity contribution is 6.31. The Morgan fingerprint density at radius 2 is 2.00 bits per heavy atom. The van der Waals surface area contributed by atoms with Crippen molar-refractivity contribution >= 4 is 11.6 Å². The fourth-order valence-electron chi connectivity index (χ4n) is 2.85. The summed E-state index contributed by atoms with van der Waals surface area (Å²) < 4.78 is 5.54. The van der Waals surface area contributed by atoms with E-state index in [4.69, 9.17) is 21.1 Å². The number of rotatable bonds is 4. The summed E-state index contributed by atoms with van der Waals surface area (Å²) in [6.45, 7) is 2.80. The van der Waals surface area contributed by atoms with Crippen molar-refractivity contribution < 1.29 is 9.52 Å². The van der Waals surface area contributed by atoms with Gasteiger partial charge in [0, 0.05) is 11.6 Å². The Kier molecular flexibility index (Phi) is 4.10. The number of hydrogen-bond donors (Lipinski definition) is 1. The topological polar surface area (TPSA) is 36.6 Å². The molecule has 0 bridgehead atoms. The Balaban J connectivity index is 1.63. The maximum atomic E-state index is 9.01. The Hall–Kier alpha value is -1.29. The average Bonchev–Trinajstić information content (AvgIpc) is 3.09. The van der Waals surface area contributed by atoms with Crippen molar-refractivity contribution in [1.29, 1.82) is 0 Å². The van der Waals surface area contributed by atoms with Gasteiger partial charge in [-0.15, -0.1) is 0 Å². The standard InChI is InChI=1S/C16H18ClNO2/c17-16-4-2-1-3-15(16)12-7-8-18(9-12)10-13-5-6-14(11-19)20-13/h1-6,12,19H,7-11H2/t12-/m0/s1. The van der Waals surface area contributed by atoms with Gasteiger partial charge in [-0.05, 0) is 42.6 Å². The van der Waals surface area contributed by atoms with Crippen molar-refractivity contribution in [2.45, 2.75) is 25.5 Å². The van der Waals surface area contributed by atoms with Gasteiger partial charge in [0.05, 0.1) is 6.54 Å². The van der Waals surface area contributed by atoms with Gasteiger partial charge < -0.3 is 9.52 Å². The lowest BCUT2D eigenvalue weighted by Crippen LogP contribution is -2.19. The summed E-state index contributed by atoms with van der Waals surface area (Å²) in [6.07, 6.45) is 1.12. The van der Waals surface area contributed by atoms with E-state index in [1.165, 1.54) is 5.56 Å². The molecule has 0 radical (unpaired) electrons. The van der Waals surface area contributed by atoms with Crippen LogP contribution in [0.5, 0.6) is 0 Å². The SMILES string of the molecule is OCc1ccc(CN2CC[C@H](c3ccccc3Cl)C2)o1. The normalized spacial score (nSPS) is 19.6. The first-order valence-electron chi connectivity index (χ1n) is 6.91. The van der Waals surface area contributed by atoms with E-state index in [9.17, 15) is 0 Å². The highest BCUT2D eigenvalue weighted by Gasteiger charge is 2.25. The number of likely N-dealkylation sites (tertiary alicyclic amines) is 1. The molecule has 1 fully saturated rings. The first kappa shape index (κ1) is 13.7. The number of halogens is 1. The molecule has 0 saturated carbocycles. The Labute approximate surface area is 123 Å². The first-order valence-corrected chi connectivity index (χ1v) is 7.29. The molecular formula is C16H18ClNO2. The predicted octanol–water partition coefficient (Wildman–Crippen LogP) is 3.41. The molecule has 1 aromatic heterocycles.